The number of rotatable bonds is 8. The summed E-state index contributed by atoms with van der Waals surface area (Å²) in [5.41, 5.74) is 2.89. The van der Waals surface area contributed by atoms with Crippen molar-refractivity contribution in [2.45, 2.75) is 29.9 Å². The highest BCUT2D eigenvalue weighted by molar-refractivity contribution is 8.02. The molecule has 2 aromatic carbocycles. The summed E-state index contributed by atoms with van der Waals surface area (Å²) < 4.78 is 0.785. The van der Waals surface area contributed by atoms with Gasteiger partial charge in [0.05, 0.1) is 5.25 Å². The molecule has 0 radical (unpaired) electrons. The van der Waals surface area contributed by atoms with Crippen molar-refractivity contribution in [2.75, 3.05) is 17.2 Å². The predicted octanol–water partition coefficient (Wildman–Crippen LogP) is 5.15. The highest BCUT2D eigenvalue weighted by Crippen LogP contribution is 2.31. The van der Waals surface area contributed by atoms with Crippen LogP contribution in [-0.4, -0.2) is 27.9 Å². The van der Waals surface area contributed by atoms with Crippen molar-refractivity contribution >= 4 is 39.8 Å². The molecule has 1 amide bonds. The quantitative estimate of drug-likeness (QED) is 0.514. The van der Waals surface area contributed by atoms with E-state index in [4.69, 9.17) is 0 Å². The van der Waals surface area contributed by atoms with Gasteiger partial charge < -0.3 is 10.6 Å². The Kier molecular flexibility index (Phi) is 6.84. The van der Waals surface area contributed by atoms with E-state index in [1.165, 1.54) is 23.1 Å². The maximum absolute atomic E-state index is 12.7. The van der Waals surface area contributed by atoms with Crippen molar-refractivity contribution in [3.63, 3.8) is 0 Å². The second kappa shape index (κ2) is 9.53. The molecule has 0 spiro atoms. The van der Waals surface area contributed by atoms with Crippen molar-refractivity contribution in [3.05, 3.63) is 54.6 Å². The number of hydrogen-bond donors (Lipinski definition) is 2. The van der Waals surface area contributed by atoms with E-state index < -0.39 is 0 Å². The molecule has 5 nitrogen and oxygen atoms in total. The van der Waals surface area contributed by atoms with Crippen LogP contribution in [0, 0.1) is 0 Å². The van der Waals surface area contributed by atoms with Gasteiger partial charge in [-0.25, -0.2) is 0 Å². The molecule has 1 aromatic heterocycles. The van der Waals surface area contributed by atoms with Gasteiger partial charge in [0.15, 0.2) is 4.34 Å². The molecule has 1 heterocycles. The second-order valence-electron chi connectivity index (χ2n) is 5.96. The molecular weight excluding hydrogens is 376 g/mol. The Labute approximate surface area is 167 Å². The molecule has 1 atom stereocenters. The average Bonchev–Trinajstić information content (AvgIpc) is 3.14. The number of carbonyl (C=O) groups is 1. The summed E-state index contributed by atoms with van der Waals surface area (Å²) in [6, 6.07) is 17.9. The lowest BCUT2D eigenvalue weighted by Gasteiger charge is -2.14. The van der Waals surface area contributed by atoms with Crippen LogP contribution in [0.1, 0.15) is 20.3 Å². The van der Waals surface area contributed by atoms with Crippen molar-refractivity contribution in [1.82, 2.24) is 10.2 Å². The maximum Gasteiger partial charge on any atom is 0.237 e. The number of thioether (sulfide) groups is 1. The molecule has 0 aliphatic carbocycles. The van der Waals surface area contributed by atoms with Crippen molar-refractivity contribution in [1.29, 1.82) is 0 Å². The van der Waals surface area contributed by atoms with Gasteiger partial charge in [0.1, 0.15) is 0 Å². The summed E-state index contributed by atoms with van der Waals surface area (Å²) in [7, 11) is 0. The first-order valence-corrected chi connectivity index (χ1v) is 10.6. The Balaban J connectivity index is 1.66. The fourth-order valence-electron chi connectivity index (χ4n) is 2.46. The lowest BCUT2D eigenvalue weighted by atomic mass is 10.0. The van der Waals surface area contributed by atoms with E-state index in [-0.39, 0.29) is 11.2 Å². The highest BCUT2D eigenvalue weighted by Gasteiger charge is 2.18. The van der Waals surface area contributed by atoms with Gasteiger partial charge in [-0.15, -0.1) is 10.2 Å². The van der Waals surface area contributed by atoms with Crippen LogP contribution in [-0.2, 0) is 4.79 Å². The molecule has 2 N–H and O–H groups in total. The Morgan fingerprint density at radius 1 is 1.11 bits per heavy atom. The molecule has 0 fully saturated rings. The zero-order chi connectivity index (χ0) is 19.1. The standard InChI is InChI=1S/C20H22N4OS2/c1-3-13-21-19-23-24-20(27-19)26-14(2)18(25)22-17-12-8-7-11-16(17)15-9-5-4-6-10-15/h4-12,14H,3,13H2,1-2H3,(H,21,23)(H,22,25)/t14-/m0/s1. The first-order valence-electron chi connectivity index (χ1n) is 8.86. The van der Waals surface area contributed by atoms with Gasteiger partial charge in [-0.2, -0.15) is 0 Å². The third kappa shape index (κ3) is 5.30. The molecule has 140 valence electrons. The van der Waals surface area contributed by atoms with E-state index in [1.807, 2.05) is 61.5 Å². The van der Waals surface area contributed by atoms with E-state index in [1.54, 1.807) is 0 Å². The zero-order valence-corrected chi connectivity index (χ0v) is 16.9. The molecule has 0 saturated carbocycles. The molecule has 3 rings (SSSR count). The van der Waals surface area contributed by atoms with Crippen LogP contribution in [0.3, 0.4) is 0 Å². The number of hydrogen-bond acceptors (Lipinski definition) is 6. The average molecular weight is 399 g/mol. The van der Waals surface area contributed by atoms with E-state index in [0.29, 0.717) is 0 Å². The minimum absolute atomic E-state index is 0.0540. The summed E-state index contributed by atoms with van der Waals surface area (Å²) in [6.45, 7) is 4.85. The number of anilines is 2. The van der Waals surface area contributed by atoms with E-state index in [9.17, 15) is 4.79 Å². The number of amides is 1. The topological polar surface area (TPSA) is 66.9 Å². The van der Waals surface area contributed by atoms with Crippen LogP contribution in [0.25, 0.3) is 11.1 Å². The van der Waals surface area contributed by atoms with Crippen LogP contribution < -0.4 is 10.6 Å². The van der Waals surface area contributed by atoms with Crippen LogP contribution in [0.4, 0.5) is 10.8 Å². The molecule has 7 heteroatoms. The Hall–Kier alpha value is -2.38. The predicted molar refractivity (Wildman–Crippen MR) is 115 cm³/mol. The first kappa shape index (κ1) is 19.4. The first-order chi connectivity index (χ1) is 13.2. The van der Waals surface area contributed by atoms with Gasteiger partial charge in [0.25, 0.3) is 0 Å². The van der Waals surface area contributed by atoms with Gasteiger partial charge in [-0.3, -0.25) is 4.79 Å². The van der Waals surface area contributed by atoms with Gasteiger partial charge in [0.2, 0.25) is 11.0 Å². The normalized spacial score (nSPS) is 11.8. The van der Waals surface area contributed by atoms with Crippen LogP contribution in [0.15, 0.2) is 58.9 Å². The number of aromatic nitrogens is 2. The third-order valence-electron chi connectivity index (χ3n) is 3.85. The molecule has 0 unspecified atom stereocenters. The molecular formula is C20H22N4OS2. The second-order valence-corrected chi connectivity index (χ2v) is 8.53. The number of para-hydroxylation sites is 1. The third-order valence-corrected chi connectivity index (χ3v) is 5.91. The Morgan fingerprint density at radius 3 is 2.63 bits per heavy atom. The van der Waals surface area contributed by atoms with Crippen molar-refractivity contribution < 1.29 is 4.79 Å². The molecule has 0 saturated heterocycles. The fraction of sp³-hybridized carbons (Fsp3) is 0.250. The smallest absolute Gasteiger partial charge is 0.237 e. The van der Waals surface area contributed by atoms with E-state index >= 15 is 0 Å². The summed E-state index contributed by atoms with van der Waals surface area (Å²) in [5.74, 6) is -0.0540. The van der Waals surface area contributed by atoms with Gasteiger partial charge in [-0.1, -0.05) is 78.6 Å². The lowest BCUT2D eigenvalue weighted by Crippen LogP contribution is -2.22. The number of nitrogens with zero attached hydrogens (tertiary/aromatic N) is 2. The van der Waals surface area contributed by atoms with E-state index in [0.717, 1.165) is 39.3 Å². The maximum atomic E-state index is 12.7. The van der Waals surface area contributed by atoms with Crippen LogP contribution in [0.2, 0.25) is 0 Å². The van der Waals surface area contributed by atoms with Gasteiger partial charge >= 0.3 is 0 Å². The van der Waals surface area contributed by atoms with Crippen LogP contribution in [0.5, 0.6) is 0 Å². The minimum atomic E-state index is -0.277. The number of carbonyl (C=O) groups excluding carboxylic acids is 1. The van der Waals surface area contributed by atoms with Gasteiger partial charge in [-0.05, 0) is 25.0 Å². The van der Waals surface area contributed by atoms with Crippen molar-refractivity contribution in [3.8, 4) is 11.1 Å². The zero-order valence-electron chi connectivity index (χ0n) is 15.3. The molecule has 0 aliphatic rings. The highest BCUT2D eigenvalue weighted by atomic mass is 32.2. The summed E-state index contributed by atoms with van der Waals surface area (Å²) in [5, 5.41) is 15.0. The molecule has 0 aliphatic heterocycles. The fourth-order valence-corrected chi connectivity index (χ4v) is 4.38. The molecule has 27 heavy (non-hydrogen) atoms. The summed E-state index contributed by atoms with van der Waals surface area (Å²) >= 11 is 2.89. The van der Waals surface area contributed by atoms with E-state index in [2.05, 4.69) is 27.8 Å². The molecule has 3 aromatic rings. The Bertz CT molecular complexity index is 882. The SMILES string of the molecule is CCCNc1nnc(S[C@@H](C)C(=O)Nc2ccccc2-c2ccccc2)s1. The summed E-state index contributed by atoms with van der Waals surface area (Å²) in [4.78, 5) is 12.7. The van der Waals surface area contributed by atoms with Gasteiger partial charge in [0, 0.05) is 17.8 Å². The summed E-state index contributed by atoms with van der Waals surface area (Å²) in [6.07, 6.45) is 1.03. The minimum Gasteiger partial charge on any atom is -0.360 e. The van der Waals surface area contributed by atoms with Crippen LogP contribution >= 0.6 is 23.1 Å². The lowest BCUT2D eigenvalue weighted by molar-refractivity contribution is -0.115. The Morgan fingerprint density at radius 2 is 1.85 bits per heavy atom. The molecule has 0 bridgehead atoms. The monoisotopic (exact) mass is 398 g/mol. The number of nitrogens with one attached hydrogen (secondary N) is 2. The van der Waals surface area contributed by atoms with Crippen molar-refractivity contribution in [2.24, 2.45) is 0 Å². The number of benzene rings is 2. The largest absolute Gasteiger partial charge is 0.360 e.